The fraction of sp³-hybridized carbons (Fsp3) is 0.737. The summed E-state index contributed by atoms with van der Waals surface area (Å²) in [4.78, 5) is 17.3. The molecule has 1 amide bonds. The van der Waals surface area contributed by atoms with Crippen molar-refractivity contribution >= 4 is 18.3 Å². The number of amides is 1. The maximum absolute atomic E-state index is 12.7. The Bertz CT molecular complexity index is 809. The van der Waals surface area contributed by atoms with Crippen LogP contribution >= 0.6 is 12.4 Å². The average molecular weight is 424 g/mol. The van der Waals surface area contributed by atoms with Gasteiger partial charge >= 0.3 is 0 Å². The van der Waals surface area contributed by atoms with Crippen molar-refractivity contribution in [3.05, 3.63) is 23.1 Å². The first-order valence-corrected chi connectivity index (χ1v) is 10.4. The minimum Gasteiger partial charge on any atom is -0.339 e. The minimum atomic E-state index is -0.374. The summed E-state index contributed by atoms with van der Waals surface area (Å²) in [7, 11) is 0. The van der Waals surface area contributed by atoms with Gasteiger partial charge in [-0.05, 0) is 52.6 Å². The van der Waals surface area contributed by atoms with Gasteiger partial charge in [-0.15, -0.1) is 17.5 Å². The standard InChI is InChI=1S/C19H29N7O2.ClH/c1-12(19-22-17(24-28-19)14-6-4-3-5-7-14)21-18(27)16-13(2)26(25-23-16)15-8-10-20-11-9-15;/h12,14-15,20H,3-11H2,1-2H3,(H,21,27);1H. The number of nitrogens with one attached hydrogen (secondary N) is 2. The quantitative estimate of drug-likeness (QED) is 0.760. The molecular weight excluding hydrogens is 394 g/mol. The summed E-state index contributed by atoms with van der Waals surface area (Å²) < 4.78 is 7.31. The fourth-order valence-electron chi connectivity index (χ4n) is 4.23. The molecule has 2 aromatic heterocycles. The third-order valence-electron chi connectivity index (χ3n) is 5.94. The first-order chi connectivity index (χ1) is 13.6. The van der Waals surface area contributed by atoms with Crippen molar-refractivity contribution < 1.29 is 9.32 Å². The highest BCUT2D eigenvalue weighted by molar-refractivity contribution is 5.93. The van der Waals surface area contributed by atoms with E-state index in [1.54, 1.807) is 0 Å². The zero-order valence-corrected chi connectivity index (χ0v) is 17.9. The average Bonchev–Trinajstić information content (AvgIpc) is 3.36. The van der Waals surface area contributed by atoms with Gasteiger partial charge in [-0.1, -0.05) is 29.6 Å². The van der Waals surface area contributed by atoms with Crippen molar-refractivity contribution in [2.45, 2.75) is 76.8 Å². The lowest BCUT2D eigenvalue weighted by atomic mass is 9.89. The van der Waals surface area contributed by atoms with Gasteiger partial charge in [-0.2, -0.15) is 4.98 Å². The van der Waals surface area contributed by atoms with Gasteiger partial charge in [0.15, 0.2) is 11.5 Å². The Morgan fingerprint density at radius 2 is 1.93 bits per heavy atom. The normalized spacial score (nSPS) is 19.5. The molecule has 160 valence electrons. The van der Waals surface area contributed by atoms with Crippen LogP contribution < -0.4 is 10.6 Å². The molecule has 1 saturated carbocycles. The van der Waals surface area contributed by atoms with Crippen LogP contribution in [0.5, 0.6) is 0 Å². The number of carbonyl (C=O) groups excluding carboxylic acids is 1. The molecule has 1 unspecified atom stereocenters. The van der Waals surface area contributed by atoms with E-state index in [0.717, 1.165) is 50.3 Å². The van der Waals surface area contributed by atoms with Crippen LogP contribution in [-0.4, -0.2) is 44.1 Å². The summed E-state index contributed by atoms with van der Waals surface area (Å²) in [6.07, 6.45) is 7.92. The molecule has 1 atom stereocenters. The van der Waals surface area contributed by atoms with Crippen molar-refractivity contribution in [2.75, 3.05) is 13.1 Å². The third kappa shape index (κ3) is 4.78. The highest BCUT2D eigenvalue weighted by atomic mass is 35.5. The van der Waals surface area contributed by atoms with Crippen LogP contribution in [0.15, 0.2) is 4.52 Å². The number of hydrogen-bond acceptors (Lipinski definition) is 7. The smallest absolute Gasteiger partial charge is 0.274 e. The monoisotopic (exact) mass is 423 g/mol. The maximum atomic E-state index is 12.7. The van der Waals surface area contributed by atoms with Crippen LogP contribution in [0.1, 0.15) is 97.8 Å². The van der Waals surface area contributed by atoms with Gasteiger partial charge in [0.05, 0.1) is 11.7 Å². The summed E-state index contributed by atoms with van der Waals surface area (Å²) in [5.74, 6) is 1.32. The van der Waals surface area contributed by atoms with Crippen LogP contribution in [-0.2, 0) is 0 Å². The Balaban J connectivity index is 0.00000240. The van der Waals surface area contributed by atoms with Crippen molar-refractivity contribution in [1.82, 2.24) is 35.8 Å². The molecule has 2 aliphatic rings. The molecule has 2 fully saturated rings. The number of aromatic nitrogens is 5. The van der Waals surface area contributed by atoms with Crippen LogP contribution in [0.4, 0.5) is 0 Å². The van der Waals surface area contributed by atoms with Gasteiger partial charge in [0, 0.05) is 5.92 Å². The zero-order valence-electron chi connectivity index (χ0n) is 17.1. The van der Waals surface area contributed by atoms with E-state index in [2.05, 4.69) is 31.1 Å². The number of carbonyl (C=O) groups is 1. The highest BCUT2D eigenvalue weighted by Gasteiger charge is 2.26. The molecule has 3 heterocycles. The molecule has 2 N–H and O–H groups in total. The number of rotatable bonds is 5. The van der Waals surface area contributed by atoms with E-state index in [-0.39, 0.29) is 24.4 Å². The lowest BCUT2D eigenvalue weighted by Gasteiger charge is -2.23. The van der Waals surface area contributed by atoms with Crippen LogP contribution in [0.3, 0.4) is 0 Å². The molecule has 1 aliphatic heterocycles. The van der Waals surface area contributed by atoms with E-state index >= 15 is 0 Å². The van der Waals surface area contributed by atoms with E-state index in [0.29, 0.717) is 23.5 Å². The fourth-order valence-corrected chi connectivity index (χ4v) is 4.23. The van der Waals surface area contributed by atoms with E-state index in [4.69, 9.17) is 4.52 Å². The summed E-state index contributed by atoms with van der Waals surface area (Å²) in [5, 5.41) is 18.8. The van der Waals surface area contributed by atoms with Gasteiger partial charge in [0.2, 0.25) is 5.89 Å². The molecule has 10 heteroatoms. The second kappa shape index (κ2) is 9.67. The highest BCUT2D eigenvalue weighted by Crippen LogP contribution is 2.31. The van der Waals surface area contributed by atoms with Crippen molar-refractivity contribution in [1.29, 1.82) is 0 Å². The van der Waals surface area contributed by atoms with E-state index in [1.165, 1.54) is 19.3 Å². The summed E-state index contributed by atoms with van der Waals surface area (Å²) in [5.41, 5.74) is 1.16. The van der Waals surface area contributed by atoms with Crippen molar-refractivity contribution in [3.63, 3.8) is 0 Å². The number of halogens is 1. The Morgan fingerprint density at radius 1 is 1.21 bits per heavy atom. The second-order valence-corrected chi connectivity index (χ2v) is 7.97. The third-order valence-corrected chi connectivity index (χ3v) is 5.94. The molecule has 2 aromatic rings. The second-order valence-electron chi connectivity index (χ2n) is 7.97. The summed E-state index contributed by atoms with van der Waals surface area (Å²) in [6.45, 7) is 5.67. The van der Waals surface area contributed by atoms with Crippen LogP contribution in [0, 0.1) is 6.92 Å². The van der Waals surface area contributed by atoms with Gasteiger partial charge < -0.3 is 15.2 Å². The Kier molecular flexibility index (Phi) is 7.23. The molecule has 1 aliphatic carbocycles. The van der Waals surface area contributed by atoms with Crippen LogP contribution in [0.25, 0.3) is 0 Å². The summed E-state index contributed by atoms with van der Waals surface area (Å²) in [6, 6.07) is -0.0810. The predicted molar refractivity (Wildman–Crippen MR) is 109 cm³/mol. The van der Waals surface area contributed by atoms with Gasteiger partial charge in [-0.3, -0.25) is 4.79 Å². The number of piperidine rings is 1. The molecule has 0 aromatic carbocycles. The summed E-state index contributed by atoms with van der Waals surface area (Å²) >= 11 is 0. The first kappa shape index (κ1) is 21.7. The number of nitrogens with zero attached hydrogens (tertiary/aromatic N) is 5. The van der Waals surface area contributed by atoms with Gasteiger partial charge in [0.25, 0.3) is 5.91 Å². The van der Waals surface area contributed by atoms with Gasteiger partial charge in [0.1, 0.15) is 6.04 Å². The molecule has 0 spiro atoms. The SMILES string of the molecule is Cc1c(C(=O)NC(C)c2nc(C3CCCCC3)no2)nnn1C1CCNCC1.Cl. The Hall–Kier alpha value is -2.00. The molecular formula is C19H30ClN7O2. The van der Waals surface area contributed by atoms with Gasteiger partial charge in [-0.25, -0.2) is 4.68 Å². The molecule has 1 saturated heterocycles. The molecule has 29 heavy (non-hydrogen) atoms. The van der Waals surface area contributed by atoms with E-state index in [9.17, 15) is 4.79 Å². The predicted octanol–water partition coefficient (Wildman–Crippen LogP) is 2.85. The Labute approximate surface area is 176 Å². The zero-order chi connectivity index (χ0) is 19.5. The molecule has 4 rings (SSSR count). The minimum absolute atomic E-state index is 0. The lowest BCUT2D eigenvalue weighted by Crippen LogP contribution is -2.31. The van der Waals surface area contributed by atoms with Crippen molar-refractivity contribution in [2.24, 2.45) is 0 Å². The lowest BCUT2D eigenvalue weighted by molar-refractivity contribution is 0.0926. The first-order valence-electron chi connectivity index (χ1n) is 10.4. The maximum Gasteiger partial charge on any atom is 0.274 e. The number of hydrogen-bond donors (Lipinski definition) is 2. The van der Waals surface area contributed by atoms with Crippen molar-refractivity contribution in [3.8, 4) is 0 Å². The molecule has 9 nitrogen and oxygen atoms in total. The molecule has 0 radical (unpaired) electrons. The molecule has 0 bridgehead atoms. The Morgan fingerprint density at radius 3 is 2.66 bits per heavy atom. The largest absolute Gasteiger partial charge is 0.339 e. The van der Waals surface area contributed by atoms with E-state index in [1.807, 2.05) is 18.5 Å². The van der Waals surface area contributed by atoms with Crippen LogP contribution in [0.2, 0.25) is 0 Å². The topological polar surface area (TPSA) is 111 Å². The van der Waals surface area contributed by atoms with E-state index < -0.39 is 0 Å².